The number of aliphatic hydroxyl groups is 1. The van der Waals surface area contributed by atoms with Crippen molar-refractivity contribution in [2.75, 3.05) is 19.6 Å². The molecule has 1 N–H and O–H groups in total. The third-order valence-electron chi connectivity index (χ3n) is 3.65. The van der Waals surface area contributed by atoms with Gasteiger partial charge < -0.3 is 10.0 Å². The normalized spacial score (nSPS) is 20.4. The van der Waals surface area contributed by atoms with Gasteiger partial charge in [-0.2, -0.15) is 0 Å². The SMILES string of the molecule is CCCCN1CCC(O)(c2ccccn2)CC1. The summed E-state index contributed by atoms with van der Waals surface area (Å²) in [7, 11) is 0. The molecule has 3 heteroatoms. The lowest BCUT2D eigenvalue weighted by molar-refractivity contribution is -0.0294. The van der Waals surface area contributed by atoms with Crippen LogP contribution in [-0.2, 0) is 5.60 Å². The summed E-state index contributed by atoms with van der Waals surface area (Å²) in [5, 5.41) is 10.6. The molecule has 0 unspecified atom stereocenters. The van der Waals surface area contributed by atoms with Crippen LogP contribution in [0.1, 0.15) is 38.3 Å². The third-order valence-corrected chi connectivity index (χ3v) is 3.65. The van der Waals surface area contributed by atoms with Crippen LogP contribution in [0.5, 0.6) is 0 Å². The largest absolute Gasteiger partial charge is 0.383 e. The summed E-state index contributed by atoms with van der Waals surface area (Å²) in [5.41, 5.74) is 0.124. The Hall–Kier alpha value is -0.930. The summed E-state index contributed by atoms with van der Waals surface area (Å²) in [6.07, 6.45) is 5.85. The molecule has 0 aromatic carbocycles. The van der Waals surface area contributed by atoms with Crippen LogP contribution < -0.4 is 0 Å². The van der Waals surface area contributed by atoms with Gasteiger partial charge in [-0.3, -0.25) is 4.98 Å². The monoisotopic (exact) mass is 234 g/mol. The minimum atomic E-state index is -0.704. The number of pyridine rings is 1. The Kier molecular flexibility index (Phi) is 4.13. The zero-order valence-electron chi connectivity index (χ0n) is 10.6. The van der Waals surface area contributed by atoms with Gasteiger partial charge in [-0.1, -0.05) is 19.4 Å². The molecule has 2 heterocycles. The summed E-state index contributed by atoms with van der Waals surface area (Å²) in [5.74, 6) is 0. The molecule has 1 aromatic heterocycles. The van der Waals surface area contributed by atoms with Gasteiger partial charge in [0.05, 0.1) is 5.69 Å². The second-order valence-corrected chi connectivity index (χ2v) is 4.94. The van der Waals surface area contributed by atoms with Gasteiger partial charge >= 0.3 is 0 Å². The standard InChI is InChI=1S/C14H22N2O/c1-2-3-10-16-11-7-14(17,8-12-16)13-6-4-5-9-15-13/h4-6,9,17H,2-3,7-8,10-12H2,1H3. The van der Waals surface area contributed by atoms with Crippen molar-refractivity contribution in [1.29, 1.82) is 0 Å². The Morgan fingerprint density at radius 2 is 2.12 bits per heavy atom. The van der Waals surface area contributed by atoms with Crippen LogP contribution in [0, 0.1) is 0 Å². The number of hydrogen-bond donors (Lipinski definition) is 1. The van der Waals surface area contributed by atoms with Gasteiger partial charge in [0.1, 0.15) is 5.60 Å². The number of piperidine rings is 1. The molecule has 17 heavy (non-hydrogen) atoms. The number of rotatable bonds is 4. The zero-order valence-corrected chi connectivity index (χ0v) is 10.6. The quantitative estimate of drug-likeness (QED) is 0.867. The highest BCUT2D eigenvalue weighted by Gasteiger charge is 2.34. The molecule has 3 nitrogen and oxygen atoms in total. The van der Waals surface area contributed by atoms with Crippen molar-refractivity contribution in [2.45, 2.75) is 38.2 Å². The highest BCUT2D eigenvalue weighted by atomic mass is 16.3. The Morgan fingerprint density at radius 1 is 1.35 bits per heavy atom. The molecule has 0 atom stereocenters. The molecule has 1 aliphatic rings. The highest BCUT2D eigenvalue weighted by Crippen LogP contribution is 2.31. The Morgan fingerprint density at radius 3 is 2.71 bits per heavy atom. The van der Waals surface area contributed by atoms with E-state index in [1.165, 1.54) is 12.8 Å². The van der Waals surface area contributed by atoms with Gasteiger partial charge in [-0.15, -0.1) is 0 Å². The van der Waals surface area contributed by atoms with Gasteiger partial charge in [0.25, 0.3) is 0 Å². The summed E-state index contributed by atoms with van der Waals surface area (Å²) < 4.78 is 0. The summed E-state index contributed by atoms with van der Waals surface area (Å²) in [6, 6.07) is 5.77. The van der Waals surface area contributed by atoms with Crippen molar-refractivity contribution >= 4 is 0 Å². The van der Waals surface area contributed by atoms with E-state index in [2.05, 4.69) is 16.8 Å². The summed E-state index contributed by atoms with van der Waals surface area (Å²) in [6.45, 7) is 5.34. The molecule has 94 valence electrons. The zero-order chi connectivity index (χ0) is 12.1. The van der Waals surface area contributed by atoms with E-state index in [1.54, 1.807) is 6.20 Å². The second-order valence-electron chi connectivity index (χ2n) is 4.94. The smallest absolute Gasteiger partial charge is 0.109 e. The molecule has 0 saturated carbocycles. The van der Waals surface area contributed by atoms with E-state index < -0.39 is 5.60 Å². The van der Waals surface area contributed by atoms with Crippen molar-refractivity contribution in [3.8, 4) is 0 Å². The lowest BCUT2D eigenvalue weighted by Crippen LogP contribution is -2.43. The van der Waals surface area contributed by atoms with E-state index in [4.69, 9.17) is 0 Å². The van der Waals surface area contributed by atoms with E-state index in [0.29, 0.717) is 0 Å². The first-order valence-electron chi connectivity index (χ1n) is 6.61. The predicted octanol–water partition coefficient (Wildman–Crippen LogP) is 2.17. The molecular weight excluding hydrogens is 212 g/mol. The van der Waals surface area contributed by atoms with Crippen LogP contribution in [0.2, 0.25) is 0 Å². The number of aromatic nitrogens is 1. The third kappa shape index (κ3) is 3.05. The van der Waals surface area contributed by atoms with E-state index in [0.717, 1.165) is 38.2 Å². The first-order chi connectivity index (χ1) is 8.24. The summed E-state index contributed by atoms with van der Waals surface area (Å²) >= 11 is 0. The van der Waals surface area contributed by atoms with Crippen LogP contribution in [0.4, 0.5) is 0 Å². The van der Waals surface area contributed by atoms with Gasteiger partial charge in [-0.05, 0) is 37.9 Å². The lowest BCUT2D eigenvalue weighted by atomic mass is 9.87. The first-order valence-corrected chi connectivity index (χ1v) is 6.61. The number of hydrogen-bond acceptors (Lipinski definition) is 3. The van der Waals surface area contributed by atoms with Crippen LogP contribution in [-0.4, -0.2) is 34.6 Å². The first kappa shape index (κ1) is 12.5. The highest BCUT2D eigenvalue weighted by molar-refractivity contribution is 5.14. The van der Waals surface area contributed by atoms with Crippen LogP contribution in [0.15, 0.2) is 24.4 Å². The van der Waals surface area contributed by atoms with E-state index in [1.807, 2.05) is 18.2 Å². The van der Waals surface area contributed by atoms with E-state index >= 15 is 0 Å². The Labute approximate surface area is 103 Å². The van der Waals surface area contributed by atoms with Crippen LogP contribution in [0.25, 0.3) is 0 Å². The fourth-order valence-electron chi connectivity index (χ4n) is 2.42. The van der Waals surface area contributed by atoms with Gasteiger partial charge in [0.15, 0.2) is 0 Å². The molecular formula is C14H22N2O. The fourth-order valence-corrected chi connectivity index (χ4v) is 2.42. The van der Waals surface area contributed by atoms with Crippen molar-refractivity contribution in [3.05, 3.63) is 30.1 Å². The van der Waals surface area contributed by atoms with Crippen molar-refractivity contribution in [3.63, 3.8) is 0 Å². The van der Waals surface area contributed by atoms with Crippen molar-refractivity contribution in [1.82, 2.24) is 9.88 Å². The minimum absolute atomic E-state index is 0.704. The average molecular weight is 234 g/mol. The maximum Gasteiger partial charge on any atom is 0.109 e. The maximum absolute atomic E-state index is 10.6. The van der Waals surface area contributed by atoms with Gasteiger partial charge in [0, 0.05) is 19.3 Å². The summed E-state index contributed by atoms with van der Waals surface area (Å²) in [4.78, 5) is 6.74. The van der Waals surface area contributed by atoms with Crippen LogP contribution in [0.3, 0.4) is 0 Å². The molecule has 0 bridgehead atoms. The van der Waals surface area contributed by atoms with Crippen molar-refractivity contribution < 1.29 is 5.11 Å². The second kappa shape index (κ2) is 5.61. The topological polar surface area (TPSA) is 36.4 Å². The Balaban J connectivity index is 1.93. The molecule has 0 amide bonds. The van der Waals surface area contributed by atoms with Gasteiger partial charge in [-0.25, -0.2) is 0 Å². The maximum atomic E-state index is 10.6. The van der Waals surface area contributed by atoms with Crippen LogP contribution >= 0.6 is 0 Å². The molecule has 0 spiro atoms. The molecule has 2 rings (SSSR count). The minimum Gasteiger partial charge on any atom is -0.383 e. The number of likely N-dealkylation sites (tertiary alicyclic amines) is 1. The fraction of sp³-hybridized carbons (Fsp3) is 0.643. The number of nitrogens with zero attached hydrogens (tertiary/aromatic N) is 2. The molecule has 0 radical (unpaired) electrons. The molecule has 0 aliphatic carbocycles. The average Bonchev–Trinajstić information content (AvgIpc) is 2.39. The molecule has 1 saturated heterocycles. The number of unbranched alkanes of at least 4 members (excludes halogenated alkanes) is 1. The van der Waals surface area contributed by atoms with Gasteiger partial charge in [0.2, 0.25) is 0 Å². The molecule has 1 aliphatic heterocycles. The molecule has 1 aromatic rings. The Bertz CT molecular complexity index is 331. The lowest BCUT2D eigenvalue weighted by Gasteiger charge is -2.37. The predicted molar refractivity (Wildman–Crippen MR) is 68.7 cm³/mol. The van der Waals surface area contributed by atoms with E-state index in [9.17, 15) is 5.11 Å². The van der Waals surface area contributed by atoms with Crippen molar-refractivity contribution in [2.24, 2.45) is 0 Å². The molecule has 1 fully saturated rings. The van der Waals surface area contributed by atoms with E-state index in [-0.39, 0.29) is 0 Å².